The average molecular weight is 458 g/mol. The largest absolute Gasteiger partial charge is 0.356 e. The van der Waals surface area contributed by atoms with Crippen molar-refractivity contribution in [1.82, 2.24) is 20.9 Å². The topological polar surface area (TPSA) is 127 Å². The number of hydrogen-bond acceptors (Lipinski definition) is 4. The van der Waals surface area contributed by atoms with Gasteiger partial charge in [-0.3, -0.25) is 14.4 Å². The smallest absolute Gasteiger partial charge is 0.268 e. The summed E-state index contributed by atoms with van der Waals surface area (Å²) in [5.41, 5.74) is 0.682. The van der Waals surface area contributed by atoms with Crippen molar-refractivity contribution in [2.75, 3.05) is 6.54 Å². The molecule has 1 saturated heterocycles. The van der Waals surface area contributed by atoms with Gasteiger partial charge in [0.1, 0.15) is 17.8 Å². The summed E-state index contributed by atoms with van der Waals surface area (Å²) in [6.07, 6.45) is 1.25. The van der Waals surface area contributed by atoms with Crippen molar-refractivity contribution in [3.8, 4) is 6.07 Å². The van der Waals surface area contributed by atoms with Gasteiger partial charge in [-0.2, -0.15) is 5.26 Å². The highest BCUT2D eigenvalue weighted by molar-refractivity contribution is 6.35. The van der Waals surface area contributed by atoms with E-state index < -0.39 is 23.9 Å². The third kappa shape index (κ3) is 5.80. The minimum absolute atomic E-state index is 0.100. The summed E-state index contributed by atoms with van der Waals surface area (Å²) in [5.74, 6) is -1.29. The number of carbonyl (C=O) groups excluding carboxylic acids is 3. The van der Waals surface area contributed by atoms with Crippen molar-refractivity contribution >= 4 is 40.2 Å². The Morgan fingerprint density at radius 1 is 1.31 bits per heavy atom. The second-order valence-corrected chi connectivity index (χ2v) is 9.79. The number of nitrogens with one attached hydrogen (secondary N) is 4. The number of aromatic nitrogens is 1. The van der Waals surface area contributed by atoms with Gasteiger partial charge in [0.2, 0.25) is 11.8 Å². The number of para-hydroxylation sites is 1. The van der Waals surface area contributed by atoms with Crippen LogP contribution in [0.3, 0.4) is 0 Å². The second kappa shape index (κ2) is 9.61. The van der Waals surface area contributed by atoms with Crippen molar-refractivity contribution < 1.29 is 14.4 Å². The standard InChI is InChI=1S/C23H28ClN5O3/c1-23(2,3)11-18(22(32)27-15(12-25)9-14-7-8-26-20(14)30)29-21(31)17-10-13-5-4-6-16(24)19(13)28-17/h4-6,10,14-15,18,28H,7-9,11H2,1-3H3,(H,26,30)(H,27,32)(H,29,31)/t14-,15-,18-/m0/s1. The molecule has 4 N–H and O–H groups in total. The lowest BCUT2D eigenvalue weighted by atomic mass is 9.87. The molecule has 2 heterocycles. The number of fused-ring (bicyclic) bond motifs is 1. The molecule has 0 unspecified atom stereocenters. The Morgan fingerprint density at radius 2 is 2.06 bits per heavy atom. The molecule has 0 bridgehead atoms. The van der Waals surface area contributed by atoms with Crippen LogP contribution in [0.1, 0.15) is 50.5 Å². The Labute approximate surface area is 192 Å². The SMILES string of the molecule is CC(C)(C)C[C@H](NC(=O)c1cc2cccc(Cl)c2[nH]1)C(=O)N[C@H](C#N)C[C@@H]1CCNC1=O. The van der Waals surface area contributed by atoms with Gasteiger partial charge in [0.05, 0.1) is 16.6 Å². The number of carbonyl (C=O) groups is 3. The Hall–Kier alpha value is -3.05. The summed E-state index contributed by atoms with van der Waals surface area (Å²) in [6, 6.07) is 7.43. The highest BCUT2D eigenvalue weighted by atomic mass is 35.5. The molecule has 1 aromatic heterocycles. The average Bonchev–Trinajstić information content (AvgIpc) is 3.33. The van der Waals surface area contributed by atoms with Gasteiger partial charge in [0, 0.05) is 17.8 Å². The number of nitriles is 1. The number of rotatable bonds is 7. The predicted octanol–water partition coefficient (Wildman–Crippen LogP) is 2.89. The molecule has 8 nitrogen and oxygen atoms in total. The van der Waals surface area contributed by atoms with Crippen LogP contribution in [-0.2, 0) is 9.59 Å². The van der Waals surface area contributed by atoms with E-state index >= 15 is 0 Å². The van der Waals surface area contributed by atoms with Crippen molar-refractivity contribution in [3.05, 3.63) is 35.0 Å². The van der Waals surface area contributed by atoms with Gasteiger partial charge in [-0.25, -0.2) is 0 Å². The first kappa shape index (κ1) is 23.6. The van der Waals surface area contributed by atoms with Gasteiger partial charge >= 0.3 is 0 Å². The second-order valence-electron chi connectivity index (χ2n) is 9.38. The monoisotopic (exact) mass is 457 g/mol. The zero-order valence-corrected chi connectivity index (χ0v) is 19.2. The van der Waals surface area contributed by atoms with E-state index in [-0.39, 0.29) is 23.7 Å². The number of hydrogen-bond donors (Lipinski definition) is 4. The zero-order valence-electron chi connectivity index (χ0n) is 18.4. The first-order chi connectivity index (χ1) is 15.1. The Balaban J connectivity index is 1.73. The number of aromatic amines is 1. The molecule has 1 aliphatic heterocycles. The van der Waals surface area contributed by atoms with E-state index in [4.69, 9.17) is 11.6 Å². The first-order valence-electron chi connectivity index (χ1n) is 10.6. The Bertz CT molecular complexity index is 1070. The molecular weight excluding hydrogens is 430 g/mol. The molecule has 1 aromatic carbocycles. The molecule has 2 aromatic rings. The molecule has 1 fully saturated rings. The van der Waals surface area contributed by atoms with Gasteiger partial charge in [-0.05, 0) is 36.8 Å². The predicted molar refractivity (Wildman–Crippen MR) is 122 cm³/mol. The Kier molecular flexibility index (Phi) is 7.09. The van der Waals surface area contributed by atoms with Crippen LogP contribution < -0.4 is 16.0 Å². The van der Waals surface area contributed by atoms with Gasteiger partial charge in [-0.1, -0.05) is 44.5 Å². The lowest BCUT2D eigenvalue weighted by molar-refractivity contribution is -0.125. The zero-order chi connectivity index (χ0) is 23.5. The number of amides is 3. The highest BCUT2D eigenvalue weighted by Gasteiger charge is 2.31. The molecule has 1 aliphatic rings. The maximum absolute atomic E-state index is 13.0. The van der Waals surface area contributed by atoms with Crippen molar-refractivity contribution in [1.29, 1.82) is 5.26 Å². The lowest BCUT2D eigenvalue weighted by Gasteiger charge is -2.27. The quantitative estimate of drug-likeness (QED) is 0.509. The molecule has 3 amide bonds. The summed E-state index contributed by atoms with van der Waals surface area (Å²) >= 11 is 6.19. The van der Waals surface area contributed by atoms with Crippen LogP contribution in [0.5, 0.6) is 0 Å². The van der Waals surface area contributed by atoms with Crippen molar-refractivity contribution in [3.63, 3.8) is 0 Å². The molecule has 170 valence electrons. The van der Waals surface area contributed by atoms with Crippen molar-refractivity contribution in [2.45, 2.75) is 52.1 Å². The number of benzene rings is 1. The number of nitrogens with zero attached hydrogens (tertiary/aromatic N) is 1. The van der Waals surface area contributed by atoms with Crippen LogP contribution in [0, 0.1) is 22.7 Å². The van der Waals surface area contributed by atoms with E-state index in [1.165, 1.54) is 0 Å². The van der Waals surface area contributed by atoms with Crippen LogP contribution in [-0.4, -0.2) is 41.3 Å². The summed E-state index contributed by atoms with van der Waals surface area (Å²) < 4.78 is 0. The molecule has 0 aliphatic carbocycles. The summed E-state index contributed by atoms with van der Waals surface area (Å²) in [4.78, 5) is 40.8. The molecule has 0 saturated carbocycles. The van der Waals surface area contributed by atoms with Crippen molar-refractivity contribution in [2.24, 2.45) is 11.3 Å². The van der Waals surface area contributed by atoms with Gasteiger partial charge in [-0.15, -0.1) is 0 Å². The van der Waals surface area contributed by atoms with Crippen LogP contribution in [0.2, 0.25) is 5.02 Å². The third-order valence-corrected chi connectivity index (χ3v) is 5.76. The number of halogens is 1. The lowest BCUT2D eigenvalue weighted by Crippen LogP contribution is -2.51. The molecule has 9 heteroatoms. The fourth-order valence-corrected chi connectivity index (χ4v) is 4.10. The molecule has 3 atom stereocenters. The van der Waals surface area contributed by atoms with E-state index in [0.717, 1.165) is 5.39 Å². The van der Waals surface area contributed by atoms with E-state index in [0.29, 0.717) is 35.6 Å². The number of H-pyrrole nitrogens is 1. The molecule has 3 rings (SSSR count). The minimum Gasteiger partial charge on any atom is -0.356 e. The van der Waals surface area contributed by atoms with Crippen LogP contribution in [0.25, 0.3) is 10.9 Å². The van der Waals surface area contributed by atoms with Crippen LogP contribution in [0.4, 0.5) is 0 Å². The third-order valence-electron chi connectivity index (χ3n) is 5.44. The molecule has 0 radical (unpaired) electrons. The fraction of sp³-hybridized carbons (Fsp3) is 0.478. The normalized spacial score (nSPS) is 18.0. The van der Waals surface area contributed by atoms with Gasteiger partial charge in [0.15, 0.2) is 0 Å². The molecular formula is C23H28ClN5O3. The van der Waals surface area contributed by atoms with Gasteiger partial charge in [0.25, 0.3) is 5.91 Å². The van der Waals surface area contributed by atoms with Gasteiger partial charge < -0.3 is 20.9 Å². The van der Waals surface area contributed by atoms with Crippen LogP contribution >= 0.6 is 11.6 Å². The van der Waals surface area contributed by atoms with E-state index in [1.54, 1.807) is 18.2 Å². The maximum Gasteiger partial charge on any atom is 0.268 e. The molecule has 32 heavy (non-hydrogen) atoms. The summed E-state index contributed by atoms with van der Waals surface area (Å²) in [5, 5.41) is 19.0. The Morgan fingerprint density at radius 3 is 2.66 bits per heavy atom. The first-order valence-corrected chi connectivity index (χ1v) is 11.0. The highest BCUT2D eigenvalue weighted by Crippen LogP contribution is 2.25. The molecule has 0 spiro atoms. The van der Waals surface area contributed by atoms with E-state index in [2.05, 4.69) is 27.0 Å². The van der Waals surface area contributed by atoms with E-state index in [1.807, 2.05) is 26.8 Å². The maximum atomic E-state index is 13.0. The summed E-state index contributed by atoms with van der Waals surface area (Å²) in [6.45, 7) is 6.47. The summed E-state index contributed by atoms with van der Waals surface area (Å²) in [7, 11) is 0. The van der Waals surface area contributed by atoms with Crippen LogP contribution in [0.15, 0.2) is 24.3 Å². The fourth-order valence-electron chi connectivity index (χ4n) is 3.87. The minimum atomic E-state index is -0.849. The van der Waals surface area contributed by atoms with E-state index in [9.17, 15) is 19.6 Å².